The van der Waals surface area contributed by atoms with E-state index in [1.54, 1.807) is 12.1 Å². The van der Waals surface area contributed by atoms with Gasteiger partial charge >= 0.3 is 0 Å². The number of nitrogens with zero attached hydrogens (tertiary/aromatic N) is 4. The van der Waals surface area contributed by atoms with Gasteiger partial charge in [-0.25, -0.2) is 14.4 Å². The average Bonchev–Trinajstić information content (AvgIpc) is 3.26. The van der Waals surface area contributed by atoms with Gasteiger partial charge in [-0.15, -0.1) is 0 Å². The molecule has 0 aliphatic carbocycles. The molecular weight excluding hydrogens is 369 g/mol. The van der Waals surface area contributed by atoms with E-state index in [0.717, 1.165) is 48.0 Å². The van der Waals surface area contributed by atoms with Crippen LogP contribution in [0.15, 0.2) is 61.2 Å². The van der Waals surface area contributed by atoms with Crippen molar-refractivity contribution < 1.29 is 9.13 Å². The van der Waals surface area contributed by atoms with Crippen molar-refractivity contribution in [3.8, 4) is 22.8 Å². The molecule has 0 amide bonds. The first-order chi connectivity index (χ1) is 14.3. The lowest BCUT2D eigenvalue weighted by atomic mass is 10.1. The summed E-state index contributed by atoms with van der Waals surface area (Å²) in [6.45, 7) is 2.06. The molecule has 1 saturated heterocycles. The van der Waals surface area contributed by atoms with Crippen LogP contribution in [-0.4, -0.2) is 32.8 Å². The minimum Gasteiger partial charge on any atom is -0.438 e. The number of fused-ring (bicyclic) bond motifs is 1. The topological polar surface area (TPSA) is 64.9 Å². The summed E-state index contributed by atoms with van der Waals surface area (Å²) in [5, 5.41) is 8.76. The van der Waals surface area contributed by atoms with Crippen LogP contribution in [0.1, 0.15) is 18.9 Å². The smallest absolute Gasteiger partial charge is 0.230 e. The van der Waals surface area contributed by atoms with Crippen LogP contribution >= 0.6 is 0 Å². The fraction of sp³-hybridized carbons (Fsp3) is 0.227. The third kappa shape index (κ3) is 3.69. The minimum atomic E-state index is -0.306. The van der Waals surface area contributed by atoms with Crippen LogP contribution in [0.25, 0.3) is 22.0 Å². The van der Waals surface area contributed by atoms with Gasteiger partial charge in [-0.3, -0.25) is 4.68 Å². The normalized spacial score (nSPS) is 14.9. The van der Waals surface area contributed by atoms with Crippen LogP contribution in [0, 0.1) is 5.82 Å². The quantitative estimate of drug-likeness (QED) is 0.562. The van der Waals surface area contributed by atoms with Crippen LogP contribution in [0.2, 0.25) is 0 Å². The zero-order chi connectivity index (χ0) is 19.6. The predicted octanol–water partition coefficient (Wildman–Crippen LogP) is 4.35. The lowest BCUT2D eigenvalue weighted by Crippen LogP contribution is -2.29. The Morgan fingerprint density at radius 1 is 1.00 bits per heavy atom. The number of halogens is 1. The van der Waals surface area contributed by atoms with E-state index in [2.05, 4.69) is 31.3 Å². The van der Waals surface area contributed by atoms with E-state index in [-0.39, 0.29) is 5.82 Å². The van der Waals surface area contributed by atoms with Crippen LogP contribution in [0.4, 0.5) is 4.39 Å². The van der Waals surface area contributed by atoms with Crippen molar-refractivity contribution in [1.82, 2.24) is 25.1 Å². The summed E-state index contributed by atoms with van der Waals surface area (Å²) in [6.07, 6.45) is 7.67. The largest absolute Gasteiger partial charge is 0.438 e. The Hall–Kier alpha value is -3.32. The van der Waals surface area contributed by atoms with Crippen LogP contribution in [0.5, 0.6) is 11.6 Å². The molecule has 3 heterocycles. The SMILES string of the molecule is Fc1ccc(Oc2ncnc3cc(-c4cnn(C5CCNCC5)c4)ccc23)cc1. The van der Waals surface area contributed by atoms with E-state index in [4.69, 9.17) is 4.74 Å². The van der Waals surface area contributed by atoms with E-state index in [0.29, 0.717) is 17.7 Å². The molecule has 1 aliphatic rings. The molecule has 0 spiro atoms. The van der Waals surface area contributed by atoms with Crippen molar-refractivity contribution in [3.63, 3.8) is 0 Å². The zero-order valence-electron chi connectivity index (χ0n) is 15.8. The number of aromatic nitrogens is 4. The molecule has 0 unspecified atom stereocenters. The molecule has 0 bridgehead atoms. The Morgan fingerprint density at radius 3 is 2.66 bits per heavy atom. The maximum absolute atomic E-state index is 13.1. The molecule has 2 aromatic heterocycles. The number of nitrogens with one attached hydrogen (secondary N) is 1. The van der Waals surface area contributed by atoms with Crippen LogP contribution in [-0.2, 0) is 0 Å². The molecule has 4 aromatic rings. The third-order valence-electron chi connectivity index (χ3n) is 5.25. The Labute approximate surface area is 167 Å². The first kappa shape index (κ1) is 17.8. The summed E-state index contributed by atoms with van der Waals surface area (Å²) in [7, 11) is 0. The predicted molar refractivity (Wildman–Crippen MR) is 108 cm³/mol. The molecule has 0 atom stereocenters. The third-order valence-corrected chi connectivity index (χ3v) is 5.25. The standard InChI is InChI=1S/C22H20FN5O/c23-17-2-4-19(5-3-17)29-22-20-6-1-15(11-21(20)25-14-26-22)16-12-27-28(13-16)18-7-9-24-10-8-18/h1-6,11-14,18,24H,7-10H2. The molecule has 146 valence electrons. The van der Waals surface area contributed by atoms with E-state index in [1.165, 1.54) is 18.5 Å². The van der Waals surface area contributed by atoms with Gasteiger partial charge in [-0.1, -0.05) is 6.07 Å². The fourth-order valence-corrected chi connectivity index (χ4v) is 3.67. The monoisotopic (exact) mass is 389 g/mol. The minimum absolute atomic E-state index is 0.306. The number of benzene rings is 2. The van der Waals surface area contributed by atoms with Gasteiger partial charge in [0.2, 0.25) is 5.88 Å². The van der Waals surface area contributed by atoms with Gasteiger partial charge in [0, 0.05) is 11.8 Å². The van der Waals surface area contributed by atoms with Crippen molar-refractivity contribution in [2.24, 2.45) is 0 Å². The van der Waals surface area contributed by atoms with Crippen molar-refractivity contribution in [3.05, 3.63) is 67.0 Å². The van der Waals surface area contributed by atoms with E-state index >= 15 is 0 Å². The summed E-state index contributed by atoms with van der Waals surface area (Å²) in [6, 6.07) is 12.3. The van der Waals surface area contributed by atoms with Gasteiger partial charge in [-0.2, -0.15) is 5.10 Å². The molecular formula is C22H20FN5O. The van der Waals surface area contributed by atoms with E-state index in [9.17, 15) is 4.39 Å². The van der Waals surface area contributed by atoms with Gasteiger partial charge in [0.05, 0.1) is 23.1 Å². The number of piperidine rings is 1. The van der Waals surface area contributed by atoms with E-state index in [1.807, 2.05) is 24.4 Å². The molecule has 2 aromatic carbocycles. The fourth-order valence-electron chi connectivity index (χ4n) is 3.67. The van der Waals surface area contributed by atoms with Gasteiger partial charge in [0.1, 0.15) is 17.9 Å². The molecule has 1 fully saturated rings. The maximum atomic E-state index is 13.1. The molecule has 0 radical (unpaired) electrons. The van der Waals surface area contributed by atoms with Gasteiger partial charge in [0.15, 0.2) is 0 Å². The van der Waals surface area contributed by atoms with Crippen molar-refractivity contribution in [2.75, 3.05) is 13.1 Å². The maximum Gasteiger partial charge on any atom is 0.230 e. The second-order valence-electron chi connectivity index (χ2n) is 7.16. The second kappa shape index (κ2) is 7.60. The Balaban J connectivity index is 1.43. The summed E-state index contributed by atoms with van der Waals surface area (Å²) in [4.78, 5) is 8.64. The van der Waals surface area contributed by atoms with Gasteiger partial charge in [-0.05, 0) is 67.9 Å². The van der Waals surface area contributed by atoms with E-state index < -0.39 is 0 Å². The molecule has 1 aliphatic heterocycles. The number of hydrogen-bond acceptors (Lipinski definition) is 5. The summed E-state index contributed by atoms with van der Waals surface area (Å²) in [5.41, 5.74) is 2.89. The zero-order valence-corrected chi connectivity index (χ0v) is 15.8. The van der Waals surface area contributed by atoms with Gasteiger partial charge < -0.3 is 10.1 Å². The first-order valence-corrected chi connectivity index (χ1v) is 9.70. The highest BCUT2D eigenvalue weighted by Gasteiger charge is 2.16. The molecule has 7 heteroatoms. The molecule has 29 heavy (non-hydrogen) atoms. The highest BCUT2D eigenvalue weighted by Crippen LogP contribution is 2.30. The lowest BCUT2D eigenvalue weighted by molar-refractivity contribution is 0.343. The highest BCUT2D eigenvalue weighted by atomic mass is 19.1. The lowest BCUT2D eigenvalue weighted by Gasteiger charge is -2.22. The highest BCUT2D eigenvalue weighted by molar-refractivity contribution is 5.87. The Bertz CT molecular complexity index is 1140. The Kier molecular flexibility index (Phi) is 4.65. The van der Waals surface area contributed by atoms with Crippen molar-refractivity contribution in [1.29, 1.82) is 0 Å². The van der Waals surface area contributed by atoms with Crippen LogP contribution < -0.4 is 10.1 Å². The summed E-state index contributed by atoms with van der Waals surface area (Å²) in [5.74, 6) is 0.664. The number of hydrogen-bond donors (Lipinski definition) is 1. The first-order valence-electron chi connectivity index (χ1n) is 9.70. The number of rotatable bonds is 4. The molecule has 6 nitrogen and oxygen atoms in total. The summed E-state index contributed by atoms with van der Waals surface area (Å²) < 4.78 is 21.0. The molecule has 0 saturated carbocycles. The second-order valence-corrected chi connectivity index (χ2v) is 7.16. The molecule has 5 rings (SSSR count). The Morgan fingerprint density at radius 2 is 1.83 bits per heavy atom. The molecule has 1 N–H and O–H groups in total. The van der Waals surface area contributed by atoms with Crippen molar-refractivity contribution >= 4 is 10.9 Å². The van der Waals surface area contributed by atoms with Gasteiger partial charge in [0.25, 0.3) is 0 Å². The average molecular weight is 389 g/mol. The summed E-state index contributed by atoms with van der Waals surface area (Å²) >= 11 is 0. The van der Waals surface area contributed by atoms with Crippen LogP contribution in [0.3, 0.4) is 0 Å². The number of ether oxygens (including phenoxy) is 1. The van der Waals surface area contributed by atoms with Crippen molar-refractivity contribution in [2.45, 2.75) is 18.9 Å².